The number of Topliss-reactive ketones (excluding diaryl/α,β-unsaturated/α-hetero) is 1. The molecule has 1 aromatic heterocycles. The predicted molar refractivity (Wildman–Crippen MR) is 115 cm³/mol. The molecule has 6 nitrogen and oxygen atoms in total. The Labute approximate surface area is 171 Å². The maximum atomic E-state index is 12.9. The van der Waals surface area contributed by atoms with Crippen LogP contribution in [-0.4, -0.2) is 41.6 Å². The molecule has 0 fully saturated rings. The van der Waals surface area contributed by atoms with Gasteiger partial charge in [0.2, 0.25) is 0 Å². The van der Waals surface area contributed by atoms with Crippen LogP contribution >= 0.6 is 13.5 Å². The minimum atomic E-state index is -1.69. The minimum Gasteiger partial charge on any atom is -0.497 e. The Balaban J connectivity index is 0.00000280. The lowest BCUT2D eigenvalue weighted by Gasteiger charge is -2.17. The maximum Gasteiger partial charge on any atom is 0.492 e. The fourth-order valence-corrected chi connectivity index (χ4v) is 3.19. The number of methoxy groups -OCH3 is 1. The van der Waals surface area contributed by atoms with Crippen LogP contribution in [0.3, 0.4) is 0 Å². The summed E-state index contributed by atoms with van der Waals surface area (Å²) in [5.74, 6) is -0.226. The van der Waals surface area contributed by atoms with Gasteiger partial charge >= 0.3 is 7.12 Å². The van der Waals surface area contributed by atoms with Crippen molar-refractivity contribution >= 4 is 42.6 Å². The van der Waals surface area contributed by atoms with E-state index < -0.39 is 13.0 Å². The van der Waals surface area contributed by atoms with E-state index in [1.165, 1.54) is 7.11 Å². The number of aromatic nitrogens is 1. The van der Waals surface area contributed by atoms with Crippen molar-refractivity contribution in [3.05, 3.63) is 66.0 Å². The number of benzene rings is 2. The van der Waals surface area contributed by atoms with E-state index >= 15 is 0 Å². The molecule has 146 valence electrons. The summed E-state index contributed by atoms with van der Waals surface area (Å²) in [6.07, 6.45) is 3.74. The number of nitrogens with zero attached hydrogens (tertiary/aromatic N) is 1. The van der Waals surface area contributed by atoms with Gasteiger partial charge in [0.1, 0.15) is 11.5 Å². The van der Waals surface area contributed by atoms with Crippen LogP contribution in [-0.2, 0) is 11.2 Å². The Kier molecular flexibility index (Phi) is 7.59. The number of ketones is 1. The zero-order valence-corrected chi connectivity index (χ0v) is 16.5. The maximum absolute atomic E-state index is 12.9. The Morgan fingerprint density at radius 3 is 2.64 bits per heavy atom. The molecule has 0 saturated carbocycles. The van der Waals surface area contributed by atoms with Gasteiger partial charge < -0.3 is 20.5 Å². The summed E-state index contributed by atoms with van der Waals surface area (Å²) < 4.78 is 5.13. The summed E-state index contributed by atoms with van der Waals surface area (Å²) in [4.78, 5) is 17.0. The first kappa shape index (κ1) is 21.9. The molecule has 0 bridgehead atoms. The molecule has 8 heteroatoms. The van der Waals surface area contributed by atoms with Gasteiger partial charge in [-0.1, -0.05) is 30.3 Å². The fourth-order valence-electron chi connectivity index (χ4n) is 3.19. The molecule has 0 unspecified atom stereocenters. The van der Waals surface area contributed by atoms with Crippen molar-refractivity contribution in [1.82, 2.24) is 4.98 Å². The highest BCUT2D eigenvalue weighted by Gasteiger charge is 2.24. The Morgan fingerprint density at radius 2 is 1.96 bits per heavy atom. The molecule has 4 N–H and O–H groups in total. The van der Waals surface area contributed by atoms with E-state index in [4.69, 9.17) is 10.5 Å². The van der Waals surface area contributed by atoms with Gasteiger partial charge in [0.05, 0.1) is 13.0 Å². The monoisotopic (exact) mass is 398 g/mol. The van der Waals surface area contributed by atoms with Crippen LogP contribution in [0.4, 0.5) is 0 Å². The molecule has 3 rings (SSSR count). The molecule has 1 atom stereocenters. The van der Waals surface area contributed by atoms with Gasteiger partial charge in [-0.05, 0) is 28.6 Å². The van der Waals surface area contributed by atoms with E-state index in [-0.39, 0.29) is 37.7 Å². The quantitative estimate of drug-likeness (QED) is 0.511. The van der Waals surface area contributed by atoms with Crippen molar-refractivity contribution in [2.75, 3.05) is 13.7 Å². The molecule has 0 radical (unpaired) electrons. The van der Waals surface area contributed by atoms with Crippen molar-refractivity contribution < 1.29 is 19.6 Å². The molecule has 0 aliphatic rings. The first-order valence-electron chi connectivity index (χ1n) is 8.63. The van der Waals surface area contributed by atoms with Crippen LogP contribution < -0.4 is 15.9 Å². The van der Waals surface area contributed by atoms with Crippen molar-refractivity contribution in [2.24, 2.45) is 5.73 Å². The van der Waals surface area contributed by atoms with Crippen molar-refractivity contribution in [3.63, 3.8) is 0 Å². The molecule has 2 aromatic carbocycles. The highest BCUT2D eigenvalue weighted by atomic mass is 32.1. The van der Waals surface area contributed by atoms with Crippen LogP contribution in [0.1, 0.15) is 17.0 Å². The van der Waals surface area contributed by atoms with Gasteiger partial charge in [0.15, 0.2) is 0 Å². The van der Waals surface area contributed by atoms with Gasteiger partial charge in [-0.15, -0.1) is 0 Å². The van der Waals surface area contributed by atoms with E-state index in [0.717, 1.165) is 16.3 Å². The Morgan fingerprint density at radius 1 is 1.18 bits per heavy atom. The van der Waals surface area contributed by atoms with Crippen molar-refractivity contribution in [3.8, 4) is 5.75 Å². The average molecular weight is 398 g/mol. The number of rotatable bonds is 7. The normalized spacial score (nSPS) is 11.6. The zero-order valence-electron chi connectivity index (χ0n) is 15.5. The Hall–Kier alpha value is -2.39. The number of ether oxygens (including phenoxy) is 1. The molecule has 1 heterocycles. The number of carbonyl (C=O) groups is 1. The topological polar surface area (TPSA) is 106 Å². The molecule has 0 aliphatic heterocycles. The number of nitrogens with two attached hydrogens (primary N) is 1. The molecule has 0 saturated heterocycles. The van der Waals surface area contributed by atoms with E-state index in [9.17, 15) is 14.8 Å². The van der Waals surface area contributed by atoms with Gasteiger partial charge in [-0.25, -0.2) is 0 Å². The van der Waals surface area contributed by atoms with E-state index in [1.54, 1.807) is 30.6 Å². The highest BCUT2D eigenvalue weighted by Crippen LogP contribution is 2.22. The lowest BCUT2D eigenvalue weighted by Crippen LogP contribution is -2.33. The van der Waals surface area contributed by atoms with E-state index in [1.807, 2.05) is 24.3 Å². The fraction of sp³-hybridized carbons (Fsp3) is 0.200. The van der Waals surface area contributed by atoms with Crippen LogP contribution in [0.25, 0.3) is 10.8 Å². The lowest BCUT2D eigenvalue weighted by atomic mass is 9.77. The largest absolute Gasteiger partial charge is 0.497 e. The van der Waals surface area contributed by atoms with Crippen LogP contribution in [0.5, 0.6) is 5.75 Å². The molecular weight excluding hydrogens is 375 g/mol. The molecule has 0 spiro atoms. The first-order chi connectivity index (χ1) is 13.0. The minimum absolute atomic E-state index is 0. The molecule has 3 aromatic rings. The van der Waals surface area contributed by atoms with E-state index in [2.05, 4.69) is 4.98 Å². The number of fused-ring (bicyclic) bond motifs is 1. The summed E-state index contributed by atoms with van der Waals surface area (Å²) >= 11 is 0. The summed E-state index contributed by atoms with van der Waals surface area (Å²) in [6.45, 7) is 0.129. The standard InChI is InChI=1S/C20H21BN2O4.H2S/c1-27-20-5-4-15(10-18(20)21(25)26)17(11-22)19(24)9-13-2-3-16-12-23-7-6-14(16)8-13;/h2-8,10,12,17,25-26H,9,11,22H2,1H3;1H2/t17-;/m1./s1. The summed E-state index contributed by atoms with van der Waals surface area (Å²) in [5.41, 5.74) is 7.60. The van der Waals surface area contributed by atoms with Crippen LogP contribution in [0.2, 0.25) is 0 Å². The van der Waals surface area contributed by atoms with E-state index in [0.29, 0.717) is 11.3 Å². The number of carbonyl (C=O) groups excluding carboxylic acids is 1. The second kappa shape index (κ2) is 9.70. The molecule has 0 aliphatic carbocycles. The summed E-state index contributed by atoms with van der Waals surface area (Å²) in [7, 11) is -0.246. The van der Waals surface area contributed by atoms with Gasteiger partial charge in [0.25, 0.3) is 0 Å². The summed E-state index contributed by atoms with van der Waals surface area (Å²) in [5, 5.41) is 21.1. The molecule has 0 amide bonds. The van der Waals surface area contributed by atoms with Crippen LogP contribution in [0, 0.1) is 0 Å². The third-order valence-corrected chi connectivity index (χ3v) is 4.64. The Bertz CT molecular complexity index is 968. The SMILES string of the molecule is COc1ccc([C@@H](CN)C(=O)Cc2ccc3cnccc3c2)cc1B(O)O.S. The summed E-state index contributed by atoms with van der Waals surface area (Å²) in [6, 6.07) is 12.6. The smallest absolute Gasteiger partial charge is 0.492 e. The average Bonchev–Trinajstić information content (AvgIpc) is 2.68. The van der Waals surface area contributed by atoms with Crippen LogP contribution in [0.15, 0.2) is 54.9 Å². The second-order valence-corrected chi connectivity index (χ2v) is 6.36. The molecule has 28 heavy (non-hydrogen) atoms. The lowest BCUT2D eigenvalue weighted by molar-refractivity contribution is -0.119. The number of hydrogen-bond donors (Lipinski definition) is 3. The van der Waals surface area contributed by atoms with Gasteiger partial charge in [-0.2, -0.15) is 13.5 Å². The second-order valence-electron chi connectivity index (χ2n) is 6.36. The molecular formula is C20H23BN2O4S. The zero-order chi connectivity index (χ0) is 19.4. The van der Waals surface area contributed by atoms with Gasteiger partial charge in [0, 0.05) is 36.2 Å². The predicted octanol–water partition coefficient (Wildman–Crippen LogP) is 0.890. The first-order valence-corrected chi connectivity index (χ1v) is 8.63. The van der Waals surface area contributed by atoms with Crippen molar-refractivity contribution in [1.29, 1.82) is 0 Å². The highest BCUT2D eigenvalue weighted by molar-refractivity contribution is 7.59. The van der Waals surface area contributed by atoms with Gasteiger partial charge in [-0.3, -0.25) is 9.78 Å². The third kappa shape index (κ3) is 4.71. The third-order valence-electron chi connectivity index (χ3n) is 4.64. The number of hydrogen-bond acceptors (Lipinski definition) is 6. The number of pyridine rings is 1. The van der Waals surface area contributed by atoms with Crippen molar-refractivity contribution in [2.45, 2.75) is 12.3 Å².